The Morgan fingerprint density at radius 1 is 0.649 bits per heavy atom. The van der Waals surface area contributed by atoms with Gasteiger partial charge in [0.1, 0.15) is 0 Å². The van der Waals surface area contributed by atoms with Crippen LogP contribution in [-0.4, -0.2) is 11.0 Å². The third-order valence-corrected chi connectivity index (χ3v) is 14.0. The predicted octanol–water partition coefficient (Wildman–Crippen LogP) is 9.43. The van der Waals surface area contributed by atoms with E-state index in [9.17, 15) is 0 Å². The highest BCUT2D eigenvalue weighted by Crippen LogP contribution is 2.76. The van der Waals surface area contributed by atoms with Crippen LogP contribution >= 0.6 is 16.1 Å². The molecule has 1 nitrogen and oxygen atoms in total. The van der Waals surface area contributed by atoms with Crippen molar-refractivity contribution in [2.24, 2.45) is 0 Å². The van der Waals surface area contributed by atoms with Crippen molar-refractivity contribution in [1.29, 1.82) is 0 Å². The smallest absolute Gasteiger partial charge is 0.0318 e. The van der Waals surface area contributed by atoms with E-state index in [0.717, 1.165) is 6.54 Å². The maximum atomic E-state index is 3.02. The minimum absolute atomic E-state index is 0.439. The lowest BCUT2D eigenvalue weighted by Gasteiger charge is -2.42. The molecular weight excluding hydrogens is 484 g/mol. The Hall–Kier alpha value is -2.30. The van der Waals surface area contributed by atoms with Crippen LogP contribution in [0.15, 0.2) is 109 Å². The van der Waals surface area contributed by atoms with Crippen molar-refractivity contribution < 1.29 is 0 Å². The van der Waals surface area contributed by atoms with E-state index in [2.05, 4.69) is 134 Å². The third kappa shape index (κ3) is 6.07. The molecule has 5 rings (SSSR count). The Kier molecular flexibility index (Phi) is 8.89. The fourth-order valence-electron chi connectivity index (χ4n) is 5.51. The van der Waals surface area contributed by atoms with Gasteiger partial charge in [-0.15, -0.1) is 0 Å². The first-order valence-corrected chi connectivity index (χ1v) is 16.5. The second-order valence-electron chi connectivity index (χ2n) is 10.2. The molecule has 1 fully saturated rings. The Balaban J connectivity index is 1.67. The first-order valence-electron chi connectivity index (χ1n) is 13.7. The number of hydrogen-bond donors (Lipinski definition) is 0. The Morgan fingerprint density at radius 2 is 1.08 bits per heavy atom. The molecule has 0 saturated carbocycles. The Bertz CT molecular complexity index is 1150. The number of nitrogens with zero attached hydrogens (tertiary/aromatic N) is 1. The maximum absolute atomic E-state index is 3.02. The van der Waals surface area contributed by atoms with Crippen LogP contribution in [0.1, 0.15) is 66.2 Å². The van der Waals surface area contributed by atoms with Gasteiger partial charge in [-0.1, -0.05) is 134 Å². The highest BCUT2D eigenvalue weighted by Gasteiger charge is 2.44. The van der Waals surface area contributed by atoms with Crippen molar-refractivity contribution in [1.82, 2.24) is 4.44 Å². The molecule has 37 heavy (non-hydrogen) atoms. The Labute approximate surface area is 226 Å². The molecule has 1 aliphatic rings. The summed E-state index contributed by atoms with van der Waals surface area (Å²) >= 11 is 0. The van der Waals surface area contributed by atoms with Crippen LogP contribution in [0, 0.1) is 13.8 Å². The average molecular weight is 524 g/mol. The molecule has 4 aromatic carbocycles. The van der Waals surface area contributed by atoms with Crippen LogP contribution < -0.4 is 10.6 Å². The van der Waals surface area contributed by atoms with Crippen LogP contribution in [0.4, 0.5) is 0 Å². The molecule has 0 bridgehead atoms. The zero-order chi connectivity index (χ0) is 25.6. The van der Waals surface area contributed by atoms with Gasteiger partial charge < -0.3 is 0 Å². The topological polar surface area (TPSA) is 3.24 Å². The molecule has 1 heterocycles. The van der Waals surface area contributed by atoms with Gasteiger partial charge in [0.25, 0.3) is 0 Å². The molecule has 2 atom stereocenters. The van der Waals surface area contributed by atoms with Gasteiger partial charge in [0, 0.05) is 25.9 Å². The lowest BCUT2D eigenvalue weighted by Crippen LogP contribution is -2.28. The monoisotopic (exact) mass is 523 g/mol. The van der Waals surface area contributed by atoms with E-state index in [1.165, 1.54) is 58.5 Å². The molecule has 1 saturated heterocycles. The molecule has 0 spiro atoms. The zero-order valence-corrected chi connectivity index (χ0v) is 24.2. The van der Waals surface area contributed by atoms with E-state index in [1.807, 2.05) is 0 Å². The largest absolute Gasteiger partial charge is 0.251 e. The molecule has 0 aliphatic carbocycles. The van der Waals surface area contributed by atoms with Crippen LogP contribution in [0.25, 0.3) is 0 Å². The van der Waals surface area contributed by atoms with Gasteiger partial charge in [-0.25, -0.2) is 0 Å². The van der Waals surface area contributed by atoms with E-state index in [4.69, 9.17) is 0 Å². The van der Waals surface area contributed by atoms with Gasteiger partial charge in [-0.3, -0.25) is 4.44 Å². The number of aryl methyl sites for hydroxylation is 2. The summed E-state index contributed by atoms with van der Waals surface area (Å²) in [5.41, 5.74) is 6.91. The van der Waals surface area contributed by atoms with Crippen molar-refractivity contribution in [3.05, 3.63) is 131 Å². The van der Waals surface area contributed by atoms with Crippen molar-refractivity contribution in [2.45, 2.75) is 57.8 Å². The lowest BCUT2D eigenvalue weighted by atomic mass is 10.0. The first-order chi connectivity index (χ1) is 18.2. The number of hydrogen-bond acceptors (Lipinski definition) is 1. The molecule has 190 valence electrons. The molecule has 0 N–H and O–H groups in total. The lowest BCUT2D eigenvalue weighted by molar-refractivity contribution is 0.632. The summed E-state index contributed by atoms with van der Waals surface area (Å²) in [7, 11) is -1.07. The van der Waals surface area contributed by atoms with E-state index < -0.39 is 16.1 Å². The number of benzene rings is 4. The normalized spacial score (nSPS) is 18.1. The van der Waals surface area contributed by atoms with E-state index in [0.29, 0.717) is 11.3 Å². The van der Waals surface area contributed by atoms with E-state index >= 15 is 0 Å². The number of rotatable bonds is 9. The van der Waals surface area contributed by atoms with Gasteiger partial charge in [0.05, 0.1) is 0 Å². The first kappa shape index (κ1) is 26.3. The van der Waals surface area contributed by atoms with Gasteiger partial charge in [-0.2, -0.15) is 0 Å². The standard InChI is InChI=1S/C34H39NP2/c1-4-5-26-35(36(31-20-16-27(2)17-21-31)32-22-18-28(3)19-23-32)37-33(29-12-8-6-9-13-29)24-25-34(37)30-14-10-7-11-15-30/h6-23,33-34H,4-5,24-26H2,1-3H3/t33-,34-/m0/s1. The summed E-state index contributed by atoms with van der Waals surface area (Å²) in [6, 6.07) is 41.6. The maximum Gasteiger partial charge on any atom is 0.0318 e. The summed E-state index contributed by atoms with van der Waals surface area (Å²) in [6.07, 6.45) is 4.99. The van der Waals surface area contributed by atoms with Crippen molar-refractivity contribution in [3.8, 4) is 0 Å². The van der Waals surface area contributed by atoms with Gasteiger partial charge in [0.2, 0.25) is 0 Å². The van der Waals surface area contributed by atoms with Gasteiger partial charge in [-0.05, 0) is 62.9 Å². The molecule has 4 aromatic rings. The summed E-state index contributed by atoms with van der Waals surface area (Å²) in [5, 5.41) is 2.96. The van der Waals surface area contributed by atoms with Gasteiger partial charge in [0.15, 0.2) is 0 Å². The average Bonchev–Trinajstić information content (AvgIpc) is 3.38. The van der Waals surface area contributed by atoms with Crippen LogP contribution in [0.5, 0.6) is 0 Å². The summed E-state index contributed by atoms with van der Waals surface area (Å²) < 4.78 is 3.02. The Morgan fingerprint density at radius 3 is 1.49 bits per heavy atom. The van der Waals surface area contributed by atoms with E-state index in [1.54, 1.807) is 0 Å². The third-order valence-electron chi connectivity index (χ3n) is 7.49. The fourth-order valence-corrected chi connectivity index (χ4v) is 13.0. The minimum atomic E-state index is -0.634. The van der Waals surface area contributed by atoms with Crippen LogP contribution in [0.3, 0.4) is 0 Å². The van der Waals surface area contributed by atoms with Crippen LogP contribution in [0.2, 0.25) is 0 Å². The van der Waals surface area contributed by atoms with Crippen molar-refractivity contribution in [3.63, 3.8) is 0 Å². The summed E-state index contributed by atoms with van der Waals surface area (Å²) in [5.74, 6) is 0. The second-order valence-corrected chi connectivity index (χ2v) is 15.2. The summed E-state index contributed by atoms with van der Waals surface area (Å²) in [4.78, 5) is 0. The molecule has 3 heteroatoms. The quantitative estimate of drug-likeness (QED) is 0.198. The SMILES string of the molecule is CCCCN(P(c1ccc(C)cc1)c1ccc(C)cc1)P1[C@H](c2ccccc2)CC[C@H]1c1ccccc1. The molecule has 0 radical (unpaired) electrons. The van der Waals surface area contributed by atoms with Crippen LogP contribution in [-0.2, 0) is 0 Å². The van der Waals surface area contributed by atoms with E-state index in [-0.39, 0.29) is 0 Å². The van der Waals surface area contributed by atoms with Crippen molar-refractivity contribution >= 4 is 26.8 Å². The summed E-state index contributed by atoms with van der Waals surface area (Å²) in [6.45, 7) is 7.89. The van der Waals surface area contributed by atoms with Gasteiger partial charge >= 0.3 is 0 Å². The highest BCUT2D eigenvalue weighted by molar-refractivity contribution is 7.79. The fraction of sp³-hybridized carbons (Fsp3) is 0.294. The minimum Gasteiger partial charge on any atom is -0.251 e. The second kappa shape index (κ2) is 12.5. The molecular formula is C34H39NP2. The molecule has 0 amide bonds. The molecule has 0 aromatic heterocycles. The molecule has 0 unspecified atom stereocenters. The predicted molar refractivity (Wildman–Crippen MR) is 165 cm³/mol. The molecule has 1 aliphatic heterocycles. The van der Waals surface area contributed by atoms with Crippen molar-refractivity contribution in [2.75, 3.05) is 6.54 Å². The number of unbranched alkanes of at least 4 members (excludes halogenated alkanes) is 1. The highest BCUT2D eigenvalue weighted by atomic mass is 31.2. The zero-order valence-electron chi connectivity index (χ0n) is 22.4.